The van der Waals surface area contributed by atoms with Gasteiger partial charge in [0.1, 0.15) is 0 Å². The van der Waals surface area contributed by atoms with Gasteiger partial charge in [0.15, 0.2) is 17.8 Å². The Morgan fingerprint density at radius 3 is 1.89 bits per heavy atom. The number of esters is 1. The molecule has 0 heterocycles. The molecule has 156 valence electrons. The van der Waals surface area contributed by atoms with E-state index in [9.17, 15) is 10.1 Å². The summed E-state index contributed by atoms with van der Waals surface area (Å²) in [4.78, 5) is 12.8. The minimum Gasteiger partial charge on any atom is -0.493 e. The Morgan fingerprint density at radius 1 is 1.00 bits per heavy atom. The van der Waals surface area contributed by atoms with Gasteiger partial charge in [-0.15, -0.1) is 0 Å². The highest BCUT2D eigenvalue weighted by Gasteiger charge is 2.50. The fraction of sp³-hybridized carbons (Fsp3) is 0.600. The largest absolute Gasteiger partial charge is 0.493 e. The summed E-state index contributed by atoms with van der Waals surface area (Å²) in [6.45, 7) is 5.86. The number of rotatable bonds is 12. The maximum atomic E-state index is 12.8. The average Bonchev–Trinajstić information content (AvgIpc) is 2.71. The lowest BCUT2D eigenvalue weighted by atomic mass is 9.81. The SMILES string of the molecule is CCOC(=O)C(C#N)(Cc1cc(OC)c(OC)c(OC)c1)C(OCC)OCC. The van der Waals surface area contributed by atoms with E-state index in [0.717, 1.165) is 0 Å². The summed E-state index contributed by atoms with van der Waals surface area (Å²) in [5, 5.41) is 10.0. The summed E-state index contributed by atoms with van der Waals surface area (Å²) < 4.78 is 32.5. The summed E-state index contributed by atoms with van der Waals surface area (Å²) in [5.74, 6) is 0.533. The Balaban J connectivity index is 3.51. The van der Waals surface area contributed by atoms with Gasteiger partial charge in [0.05, 0.1) is 34.0 Å². The summed E-state index contributed by atoms with van der Waals surface area (Å²) >= 11 is 0. The maximum absolute atomic E-state index is 12.8. The molecule has 0 N–H and O–H groups in total. The lowest BCUT2D eigenvalue weighted by Gasteiger charge is -2.32. The predicted molar refractivity (Wildman–Crippen MR) is 102 cm³/mol. The van der Waals surface area contributed by atoms with Gasteiger partial charge >= 0.3 is 5.97 Å². The molecule has 1 aromatic carbocycles. The first kappa shape index (κ1) is 23.5. The van der Waals surface area contributed by atoms with Gasteiger partial charge in [-0.2, -0.15) is 5.26 Å². The number of ether oxygens (including phenoxy) is 6. The number of methoxy groups -OCH3 is 3. The Kier molecular flexibility index (Phi) is 9.56. The quantitative estimate of drug-likeness (QED) is 0.394. The number of nitriles is 1. The van der Waals surface area contributed by atoms with Gasteiger partial charge in [0, 0.05) is 19.6 Å². The first-order chi connectivity index (χ1) is 13.5. The van der Waals surface area contributed by atoms with E-state index in [0.29, 0.717) is 22.8 Å². The second-order valence-corrected chi connectivity index (χ2v) is 5.76. The zero-order valence-corrected chi connectivity index (χ0v) is 17.4. The number of hydrogen-bond acceptors (Lipinski definition) is 8. The summed E-state index contributed by atoms with van der Waals surface area (Å²) in [6, 6.07) is 5.45. The van der Waals surface area contributed by atoms with Gasteiger partial charge in [0.25, 0.3) is 0 Å². The molecule has 8 nitrogen and oxygen atoms in total. The van der Waals surface area contributed by atoms with Crippen molar-refractivity contribution in [1.29, 1.82) is 5.26 Å². The molecule has 0 aromatic heterocycles. The minimum atomic E-state index is -1.70. The second-order valence-electron chi connectivity index (χ2n) is 5.76. The lowest BCUT2D eigenvalue weighted by Crippen LogP contribution is -2.47. The first-order valence-electron chi connectivity index (χ1n) is 9.08. The normalized spacial score (nSPS) is 12.8. The minimum absolute atomic E-state index is 0.0241. The summed E-state index contributed by atoms with van der Waals surface area (Å²) in [7, 11) is 4.48. The smallest absolute Gasteiger partial charge is 0.332 e. The summed E-state index contributed by atoms with van der Waals surface area (Å²) in [5.41, 5.74) is -1.10. The fourth-order valence-corrected chi connectivity index (χ4v) is 2.84. The van der Waals surface area contributed by atoms with Crippen LogP contribution >= 0.6 is 0 Å². The Bertz CT molecular complexity index is 655. The zero-order chi connectivity index (χ0) is 21.2. The molecule has 0 aliphatic heterocycles. The molecule has 0 aliphatic carbocycles. The Morgan fingerprint density at radius 2 is 1.54 bits per heavy atom. The maximum Gasteiger partial charge on any atom is 0.332 e. The molecular weight excluding hydrogens is 366 g/mol. The van der Waals surface area contributed by atoms with Crippen LogP contribution in [0.1, 0.15) is 26.3 Å². The van der Waals surface area contributed by atoms with E-state index < -0.39 is 17.7 Å². The van der Waals surface area contributed by atoms with Crippen LogP contribution in [-0.2, 0) is 25.4 Å². The van der Waals surface area contributed by atoms with E-state index in [-0.39, 0.29) is 26.2 Å². The van der Waals surface area contributed by atoms with E-state index in [1.165, 1.54) is 21.3 Å². The van der Waals surface area contributed by atoms with Crippen LogP contribution < -0.4 is 14.2 Å². The van der Waals surface area contributed by atoms with Crippen LogP contribution in [0.2, 0.25) is 0 Å². The molecule has 0 radical (unpaired) electrons. The molecular formula is C20H29NO7. The third-order valence-electron chi connectivity index (χ3n) is 4.09. The van der Waals surface area contributed by atoms with E-state index in [1.807, 2.05) is 0 Å². The number of benzene rings is 1. The number of carbonyl (C=O) groups excluding carboxylic acids is 1. The molecule has 0 aliphatic rings. The number of carbonyl (C=O) groups is 1. The van der Waals surface area contributed by atoms with Gasteiger partial charge in [-0.05, 0) is 38.5 Å². The molecule has 1 aromatic rings. The highest BCUT2D eigenvalue weighted by atomic mass is 16.7. The van der Waals surface area contributed by atoms with Crippen molar-refractivity contribution in [2.45, 2.75) is 33.5 Å². The van der Waals surface area contributed by atoms with Gasteiger partial charge in [-0.3, -0.25) is 4.79 Å². The fourth-order valence-electron chi connectivity index (χ4n) is 2.84. The molecule has 0 spiro atoms. The Hall–Kier alpha value is -2.50. The van der Waals surface area contributed by atoms with E-state index in [1.54, 1.807) is 32.9 Å². The van der Waals surface area contributed by atoms with Crippen molar-refractivity contribution in [2.24, 2.45) is 5.41 Å². The second kappa shape index (κ2) is 11.4. The van der Waals surface area contributed by atoms with Crippen molar-refractivity contribution in [3.63, 3.8) is 0 Å². The van der Waals surface area contributed by atoms with Crippen LogP contribution in [0.15, 0.2) is 12.1 Å². The topological polar surface area (TPSA) is 96.2 Å². The molecule has 1 rings (SSSR count). The zero-order valence-electron chi connectivity index (χ0n) is 17.4. The molecule has 28 heavy (non-hydrogen) atoms. The van der Waals surface area contributed by atoms with Gasteiger partial charge in [0.2, 0.25) is 11.2 Å². The third-order valence-corrected chi connectivity index (χ3v) is 4.09. The van der Waals surface area contributed by atoms with Crippen molar-refractivity contribution in [1.82, 2.24) is 0 Å². The van der Waals surface area contributed by atoms with Crippen LogP contribution in [0.4, 0.5) is 0 Å². The predicted octanol–water partition coefficient (Wildman–Crippen LogP) is 2.73. The molecule has 1 unspecified atom stereocenters. The van der Waals surface area contributed by atoms with Crippen LogP contribution in [0.25, 0.3) is 0 Å². The van der Waals surface area contributed by atoms with Crippen LogP contribution in [0.5, 0.6) is 17.2 Å². The molecule has 8 heteroatoms. The monoisotopic (exact) mass is 395 g/mol. The lowest BCUT2D eigenvalue weighted by molar-refractivity contribution is -0.205. The van der Waals surface area contributed by atoms with Crippen LogP contribution in [0, 0.1) is 16.7 Å². The van der Waals surface area contributed by atoms with Crippen molar-refractivity contribution >= 4 is 5.97 Å². The van der Waals surface area contributed by atoms with Crippen LogP contribution in [0.3, 0.4) is 0 Å². The average molecular weight is 395 g/mol. The number of hydrogen-bond donors (Lipinski definition) is 0. The molecule has 1 atom stereocenters. The Labute approximate surface area is 166 Å². The van der Waals surface area contributed by atoms with Gasteiger partial charge < -0.3 is 28.4 Å². The van der Waals surface area contributed by atoms with Crippen molar-refractivity contribution < 1.29 is 33.2 Å². The highest BCUT2D eigenvalue weighted by Crippen LogP contribution is 2.41. The van der Waals surface area contributed by atoms with Crippen LogP contribution in [-0.4, -0.2) is 53.4 Å². The van der Waals surface area contributed by atoms with Crippen molar-refractivity contribution in [3.05, 3.63) is 17.7 Å². The van der Waals surface area contributed by atoms with E-state index >= 15 is 0 Å². The molecule has 0 saturated carbocycles. The first-order valence-corrected chi connectivity index (χ1v) is 9.08. The molecule has 0 bridgehead atoms. The third kappa shape index (κ3) is 5.06. The number of nitrogens with zero attached hydrogens (tertiary/aromatic N) is 1. The molecule has 0 amide bonds. The summed E-state index contributed by atoms with van der Waals surface area (Å²) in [6.07, 6.45) is -1.12. The van der Waals surface area contributed by atoms with Crippen molar-refractivity contribution in [2.75, 3.05) is 41.2 Å². The van der Waals surface area contributed by atoms with E-state index in [2.05, 4.69) is 6.07 Å². The van der Waals surface area contributed by atoms with Gasteiger partial charge in [-0.1, -0.05) is 0 Å². The van der Waals surface area contributed by atoms with Gasteiger partial charge in [-0.25, -0.2) is 0 Å². The molecule has 0 saturated heterocycles. The van der Waals surface area contributed by atoms with E-state index in [4.69, 9.17) is 28.4 Å². The highest BCUT2D eigenvalue weighted by molar-refractivity contribution is 5.81. The van der Waals surface area contributed by atoms with Crippen molar-refractivity contribution in [3.8, 4) is 23.3 Å². The standard InChI is InChI=1S/C20H29NO7/c1-7-26-18(22)20(13-21,19(27-8-2)28-9-3)12-14-10-15(23-4)17(25-6)16(11-14)24-5/h10-11,19H,7-9,12H2,1-6H3. The molecule has 0 fully saturated rings.